The number of nitrogens with zero attached hydrogens (tertiary/aromatic N) is 3. The lowest BCUT2D eigenvalue weighted by molar-refractivity contribution is 0.433. The van der Waals surface area contributed by atoms with Gasteiger partial charge in [-0.05, 0) is 32.0 Å². The van der Waals surface area contributed by atoms with Gasteiger partial charge in [0.05, 0.1) is 0 Å². The zero-order valence-corrected chi connectivity index (χ0v) is 10.7. The molecule has 0 unspecified atom stereocenters. The van der Waals surface area contributed by atoms with Crippen LogP contribution in [0.1, 0.15) is 12.8 Å². The molecule has 1 saturated heterocycles. The second kappa shape index (κ2) is 7.25. The minimum atomic E-state index is 0. The summed E-state index contributed by atoms with van der Waals surface area (Å²) in [6.07, 6.45) is 7.79. The van der Waals surface area contributed by atoms with Crippen LogP contribution < -0.4 is 10.2 Å². The first-order valence-electron chi connectivity index (χ1n) is 5.77. The van der Waals surface area contributed by atoms with Crippen LogP contribution in [0.25, 0.3) is 0 Å². The Balaban J connectivity index is 0.00000144. The van der Waals surface area contributed by atoms with Crippen molar-refractivity contribution in [3.63, 3.8) is 0 Å². The van der Waals surface area contributed by atoms with E-state index in [9.17, 15) is 0 Å². The summed E-state index contributed by atoms with van der Waals surface area (Å²) in [6, 6.07) is 2.37. The third-order valence-electron chi connectivity index (χ3n) is 2.88. The smallest absolute Gasteiger partial charge is 0.225 e. The van der Waals surface area contributed by atoms with Crippen molar-refractivity contribution < 1.29 is 0 Å². The van der Waals surface area contributed by atoms with Crippen molar-refractivity contribution in [2.45, 2.75) is 18.9 Å². The molecule has 0 aromatic carbocycles. The predicted molar refractivity (Wildman–Crippen MR) is 72.7 cm³/mol. The predicted octanol–water partition coefficient (Wildman–Crippen LogP) is 1.64. The third-order valence-corrected chi connectivity index (χ3v) is 2.88. The van der Waals surface area contributed by atoms with Gasteiger partial charge in [0.1, 0.15) is 0 Å². The molecule has 0 amide bonds. The lowest BCUT2D eigenvalue weighted by Gasteiger charge is -2.33. The van der Waals surface area contributed by atoms with E-state index in [1.165, 1.54) is 0 Å². The van der Waals surface area contributed by atoms with Gasteiger partial charge in [0.15, 0.2) is 0 Å². The lowest BCUT2D eigenvalue weighted by Crippen LogP contribution is -2.44. The first-order chi connectivity index (χ1) is 7.92. The summed E-state index contributed by atoms with van der Waals surface area (Å²) in [5, 5.41) is 3.37. The van der Waals surface area contributed by atoms with E-state index < -0.39 is 0 Å². The minimum Gasteiger partial charge on any atom is -0.334 e. The summed E-state index contributed by atoms with van der Waals surface area (Å²) in [4.78, 5) is 10.9. The van der Waals surface area contributed by atoms with E-state index in [-0.39, 0.29) is 12.4 Å². The van der Waals surface area contributed by atoms with Crippen molar-refractivity contribution in [2.24, 2.45) is 0 Å². The Bertz CT molecular complexity index is 325. The van der Waals surface area contributed by atoms with Crippen LogP contribution in [0.3, 0.4) is 0 Å². The highest BCUT2D eigenvalue weighted by molar-refractivity contribution is 5.85. The minimum absolute atomic E-state index is 0. The number of hydrogen-bond donors (Lipinski definition) is 1. The van der Waals surface area contributed by atoms with E-state index in [4.69, 9.17) is 0 Å². The number of piperidine rings is 1. The highest BCUT2D eigenvalue weighted by Crippen LogP contribution is 2.16. The molecule has 5 heteroatoms. The van der Waals surface area contributed by atoms with Crippen LogP contribution >= 0.6 is 12.4 Å². The van der Waals surface area contributed by atoms with Gasteiger partial charge in [-0.3, -0.25) is 0 Å². The molecule has 1 N–H and O–H groups in total. The fourth-order valence-electron chi connectivity index (χ4n) is 2.09. The van der Waals surface area contributed by atoms with Crippen LogP contribution in [-0.4, -0.2) is 35.6 Å². The quantitative estimate of drug-likeness (QED) is 0.830. The molecule has 0 atom stereocenters. The molecule has 1 aromatic heterocycles. The van der Waals surface area contributed by atoms with Crippen LogP contribution in [0.2, 0.25) is 0 Å². The van der Waals surface area contributed by atoms with Gasteiger partial charge in [-0.2, -0.15) is 0 Å². The van der Waals surface area contributed by atoms with Crippen molar-refractivity contribution in [1.82, 2.24) is 15.3 Å². The molecule has 1 fully saturated rings. The lowest BCUT2D eigenvalue weighted by atomic mass is 10.1. The second-order valence-electron chi connectivity index (χ2n) is 3.97. The molecule has 1 aliphatic rings. The summed E-state index contributed by atoms with van der Waals surface area (Å²) in [6.45, 7) is 6.77. The highest BCUT2D eigenvalue weighted by atomic mass is 35.5. The zero-order valence-electron chi connectivity index (χ0n) is 9.88. The van der Waals surface area contributed by atoms with E-state index in [1.807, 2.05) is 12.1 Å². The van der Waals surface area contributed by atoms with Gasteiger partial charge in [-0.25, -0.2) is 9.97 Å². The number of aromatic nitrogens is 2. The molecule has 1 aromatic rings. The SMILES string of the molecule is C=CCN(c1ncccn1)C1CCNCC1.Cl. The number of hydrogen-bond acceptors (Lipinski definition) is 4. The molecule has 0 bridgehead atoms. The van der Waals surface area contributed by atoms with Crippen molar-refractivity contribution in [3.8, 4) is 0 Å². The molecule has 0 aliphatic carbocycles. The summed E-state index contributed by atoms with van der Waals surface area (Å²) < 4.78 is 0. The van der Waals surface area contributed by atoms with Crippen molar-refractivity contribution in [1.29, 1.82) is 0 Å². The second-order valence-corrected chi connectivity index (χ2v) is 3.97. The summed E-state index contributed by atoms with van der Waals surface area (Å²) in [7, 11) is 0. The molecule has 0 radical (unpaired) electrons. The fourth-order valence-corrected chi connectivity index (χ4v) is 2.09. The number of rotatable bonds is 4. The molecule has 0 spiro atoms. The van der Waals surface area contributed by atoms with E-state index in [2.05, 4.69) is 26.8 Å². The maximum Gasteiger partial charge on any atom is 0.225 e. The van der Waals surface area contributed by atoms with Gasteiger partial charge in [-0.1, -0.05) is 6.08 Å². The monoisotopic (exact) mass is 254 g/mol. The average Bonchev–Trinajstić information content (AvgIpc) is 2.38. The number of halogens is 1. The first-order valence-corrected chi connectivity index (χ1v) is 5.77. The van der Waals surface area contributed by atoms with E-state index >= 15 is 0 Å². The van der Waals surface area contributed by atoms with Crippen LogP contribution in [-0.2, 0) is 0 Å². The fraction of sp³-hybridized carbons (Fsp3) is 0.500. The summed E-state index contributed by atoms with van der Waals surface area (Å²) in [5.74, 6) is 0.814. The molecule has 1 aliphatic heterocycles. The van der Waals surface area contributed by atoms with E-state index in [0.29, 0.717) is 6.04 Å². The average molecular weight is 255 g/mol. The van der Waals surface area contributed by atoms with Gasteiger partial charge < -0.3 is 10.2 Å². The Labute approximate surface area is 109 Å². The van der Waals surface area contributed by atoms with E-state index in [0.717, 1.165) is 38.4 Å². The first kappa shape index (κ1) is 13.9. The van der Waals surface area contributed by atoms with Gasteiger partial charge in [-0.15, -0.1) is 19.0 Å². The maximum atomic E-state index is 4.32. The Kier molecular flexibility index (Phi) is 5.94. The van der Waals surface area contributed by atoms with Gasteiger partial charge in [0.2, 0.25) is 5.95 Å². The zero-order chi connectivity index (χ0) is 11.2. The molecule has 2 rings (SSSR count). The van der Waals surface area contributed by atoms with Crippen LogP contribution in [0, 0.1) is 0 Å². The standard InChI is InChI=1S/C12H18N4.ClH/c1-2-10-16(11-4-8-13-9-5-11)12-14-6-3-7-15-12;/h2-3,6-7,11,13H,1,4-5,8-10H2;1H. The third kappa shape index (κ3) is 3.68. The molecular formula is C12H19ClN4. The Morgan fingerprint density at radius 3 is 2.59 bits per heavy atom. The molecule has 94 valence electrons. The molecule has 4 nitrogen and oxygen atoms in total. The topological polar surface area (TPSA) is 41.1 Å². The van der Waals surface area contributed by atoms with E-state index in [1.54, 1.807) is 12.4 Å². The van der Waals surface area contributed by atoms with Crippen LogP contribution in [0.15, 0.2) is 31.1 Å². The summed E-state index contributed by atoms with van der Waals surface area (Å²) in [5.41, 5.74) is 0. The molecule has 0 saturated carbocycles. The number of anilines is 1. The summed E-state index contributed by atoms with van der Waals surface area (Å²) >= 11 is 0. The van der Waals surface area contributed by atoms with Gasteiger partial charge in [0, 0.05) is 25.0 Å². The van der Waals surface area contributed by atoms with Gasteiger partial charge in [0.25, 0.3) is 0 Å². The normalized spacial score (nSPS) is 16.0. The van der Waals surface area contributed by atoms with Gasteiger partial charge >= 0.3 is 0 Å². The van der Waals surface area contributed by atoms with Crippen molar-refractivity contribution >= 4 is 18.4 Å². The molecule has 17 heavy (non-hydrogen) atoms. The maximum absolute atomic E-state index is 4.32. The number of nitrogens with one attached hydrogen (secondary N) is 1. The molecule has 2 heterocycles. The Hall–Kier alpha value is -1.13. The molecular weight excluding hydrogens is 236 g/mol. The van der Waals surface area contributed by atoms with Crippen molar-refractivity contribution in [3.05, 3.63) is 31.1 Å². The highest BCUT2D eigenvalue weighted by Gasteiger charge is 2.21. The Morgan fingerprint density at radius 2 is 2.00 bits per heavy atom. The van der Waals surface area contributed by atoms with Crippen LogP contribution in [0.5, 0.6) is 0 Å². The van der Waals surface area contributed by atoms with Crippen molar-refractivity contribution in [2.75, 3.05) is 24.5 Å². The van der Waals surface area contributed by atoms with Crippen LogP contribution in [0.4, 0.5) is 5.95 Å². The largest absolute Gasteiger partial charge is 0.334 e. The Morgan fingerprint density at radius 1 is 1.35 bits per heavy atom.